The van der Waals surface area contributed by atoms with Gasteiger partial charge in [-0.1, -0.05) is 0 Å². The molecule has 0 aliphatic carbocycles. The first-order valence-electron chi connectivity index (χ1n) is 7.02. The van der Waals surface area contributed by atoms with E-state index < -0.39 is 24.2 Å². The molecule has 6 unspecified atom stereocenters. The molecule has 0 aromatic rings. The van der Waals surface area contributed by atoms with Crippen molar-refractivity contribution in [1.82, 2.24) is 0 Å². The molecule has 0 amide bonds. The van der Waals surface area contributed by atoms with Gasteiger partial charge in [0.25, 0.3) is 0 Å². The number of aliphatic hydroxyl groups excluding tert-OH is 3. The Hall–Kier alpha value is -0.240. The molecule has 3 aliphatic heterocycles. The molecule has 3 aliphatic rings. The quantitative estimate of drug-likeness (QED) is 0.469. The molecule has 3 N–H and O–H groups in total. The Kier molecular flexibility index (Phi) is 4.07. The molecule has 0 radical (unpaired) electrons. The van der Waals surface area contributed by atoms with Crippen molar-refractivity contribution in [1.29, 1.82) is 0 Å². The van der Waals surface area contributed by atoms with Crippen molar-refractivity contribution in [2.45, 2.75) is 55.9 Å². The smallest absolute Gasteiger partial charge is 0.0834 e. The van der Waals surface area contributed by atoms with Crippen molar-refractivity contribution < 1.29 is 29.5 Å². The number of hydrogen-bond donors (Lipinski definition) is 3. The van der Waals surface area contributed by atoms with Gasteiger partial charge in [-0.3, -0.25) is 0 Å². The van der Waals surface area contributed by atoms with E-state index in [0.29, 0.717) is 39.1 Å². The Morgan fingerprint density at radius 1 is 0.684 bits per heavy atom. The maximum absolute atomic E-state index is 10.2. The van der Waals surface area contributed by atoms with E-state index >= 15 is 0 Å². The molecule has 0 saturated carbocycles. The Morgan fingerprint density at radius 2 is 0.947 bits per heavy atom. The highest BCUT2D eigenvalue weighted by atomic mass is 16.6. The van der Waals surface area contributed by atoms with Gasteiger partial charge in [-0.25, -0.2) is 0 Å². The van der Waals surface area contributed by atoms with E-state index in [2.05, 4.69) is 0 Å². The molecule has 0 spiro atoms. The van der Waals surface area contributed by atoms with Gasteiger partial charge in [0.15, 0.2) is 0 Å². The van der Waals surface area contributed by atoms with Crippen LogP contribution in [0.1, 0.15) is 19.3 Å². The summed E-state index contributed by atoms with van der Waals surface area (Å²) in [5.74, 6) is -0.558. The Morgan fingerprint density at radius 3 is 1.16 bits per heavy atom. The summed E-state index contributed by atoms with van der Waals surface area (Å²) < 4.78 is 15.3. The number of hydrogen-bond acceptors (Lipinski definition) is 6. The highest BCUT2D eigenvalue weighted by molar-refractivity contribution is 4.90. The van der Waals surface area contributed by atoms with Crippen LogP contribution in [-0.2, 0) is 14.2 Å². The minimum absolute atomic E-state index is 0.0752. The zero-order valence-electron chi connectivity index (χ0n) is 10.9. The van der Waals surface area contributed by atoms with E-state index in [4.69, 9.17) is 14.2 Å². The van der Waals surface area contributed by atoms with Gasteiger partial charge in [0.1, 0.15) is 0 Å². The fourth-order valence-corrected chi connectivity index (χ4v) is 2.66. The van der Waals surface area contributed by atoms with Crippen molar-refractivity contribution in [2.75, 3.05) is 19.8 Å². The SMILES string of the molecule is OC(CC1CO1)C(C(O)CC1CO1)C(O)CC1CO1. The van der Waals surface area contributed by atoms with Crippen LogP contribution in [0.4, 0.5) is 0 Å². The molecule has 6 atom stereocenters. The van der Waals surface area contributed by atoms with Gasteiger partial charge in [0.05, 0.1) is 56.4 Å². The lowest BCUT2D eigenvalue weighted by Gasteiger charge is -2.31. The first-order valence-corrected chi connectivity index (χ1v) is 7.02. The van der Waals surface area contributed by atoms with Crippen molar-refractivity contribution in [3.63, 3.8) is 0 Å². The minimum Gasteiger partial charge on any atom is -0.393 e. The highest BCUT2D eigenvalue weighted by Gasteiger charge is 2.41. The molecule has 0 aromatic heterocycles. The molecular weight excluding hydrogens is 252 g/mol. The summed E-state index contributed by atoms with van der Waals surface area (Å²) in [6.07, 6.45) is -0.634. The molecule has 3 fully saturated rings. The molecule has 3 saturated heterocycles. The lowest BCUT2D eigenvalue weighted by Crippen LogP contribution is -2.42. The Balaban J connectivity index is 1.57. The molecule has 6 heteroatoms. The Bertz CT molecular complexity index is 252. The van der Waals surface area contributed by atoms with Crippen molar-refractivity contribution >= 4 is 0 Å². The van der Waals surface area contributed by atoms with Crippen molar-refractivity contribution in [3.8, 4) is 0 Å². The predicted molar refractivity (Wildman–Crippen MR) is 64.6 cm³/mol. The maximum atomic E-state index is 10.2. The van der Waals surface area contributed by atoms with Crippen LogP contribution in [0.3, 0.4) is 0 Å². The summed E-state index contributed by atoms with van der Waals surface area (Å²) in [5, 5.41) is 30.7. The van der Waals surface area contributed by atoms with Crippen molar-refractivity contribution in [3.05, 3.63) is 0 Å². The zero-order chi connectivity index (χ0) is 13.4. The Labute approximate surface area is 112 Å². The van der Waals surface area contributed by atoms with E-state index in [9.17, 15) is 15.3 Å². The minimum atomic E-state index is -0.755. The van der Waals surface area contributed by atoms with Crippen LogP contribution in [0, 0.1) is 5.92 Å². The molecule has 110 valence electrons. The second kappa shape index (κ2) is 5.63. The molecular formula is C13H22O6. The lowest BCUT2D eigenvalue weighted by molar-refractivity contribution is -0.0692. The third-order valence-corrected chi connectivity index (χ3v) is 4.05. The number of epoxide rings is 3. The molecule has 6 nitrogen and oxygen atoms in total. The van der Waals surface area contributed by atoms with Gasteiger partial charge in [-0.15, -0.1) is 0 Å². The fraction of sp³-hybridized carbons (Fsp3) is 1.00. The van der Waals surface area contributed by atoms with Crippen LogP contribution >= 0.6 is 0 Å². The monoisotopic (exact) mass is 274 g/mol. The number of ether oxygens (including phenoxy) is 3. The van der Waals surface area contributed by atoms with Gasteiger partial charge in [-0.05, 0) is 0 Å². The lowest BCUT2D eigenvalue weighted by atomic mass is 9.84. The summed E-state index contributed by atoms with van der Waals surface area (Å²) in [7, 11) is 0. The normalized spacial score (nSPS) is 38.4. The van der Waals surface area contributed by atoms with Crippen LogP contribution in [0.2, 0.25) is 0 Å². The molecule has 3 heterocycles. The molecule has 3 rings (SSSR count). The second-order valence-corrected chi connectivity index (χ2v) is 5.85. The van der Waals surface area contributed by atoms with Crippen LogP contribution in [0.15, 0.2) is 0 Å². The first-order chi connectivity index (χ1) is 9.13. The number of aliphatic hydroxyl groups is 3. The van der Waals surface area contributed by atoms with Crippen LogP contribution in [0.25, 0.3) is 0 Å². The molecule has 0 aromatic carbocycles. The average molecular weight is 274 g/mol. The fourth-order valence-electron chi connectivity index (χ4n) is 2.66. The van der Waals surface area contributed by atoms with Crippen LogP contribution < -0.4 is 0 Å². The largest absolute Gasteiger partial charge is 0.393 e. The van der Waals surface area contributed by atoms with E-state index in [1.54, 1.807) is 0 Å². The van der Waals surface area contributed by atoms with Gasteiger partial charge in [-0.2, -0.15) is 0 Å². The van der Waals surface area contributed by atoms with Gasteiger partial charge in [0.2, 0.25) is 0 Å². The third kappa shape index (κ3) is 4.11. The van der Waals surface area contributed by atoms with Gasteiger partial charge in [0, 0.05) is 25.2 Å². The molecule has 19 heavy (non-hydrogen) atoms. The standard InChI is InChI=1S/C13H22O6/c14-10(1-7-4-17-7)13(11(15)2-8-5-18-8)12(16)3-9-6-19-9/h7-16H,1-6H2. The summed E-state index contributed by atoms with van der Waals surface area (Å²) in [6.45, 7) is 1.98. The van der Waals surface area contributed by atoms with E-state index in [0.717, 1.165) is 0 Å². The van der Waals surface area contributed by atoms with Gasteiger partial charge < -0.3 is 29.5 Å². The topological polar surface area (TPSA) is 98.3 Å². The van der Waals surface area contributed by atoms with Gasteiger partial charge >= 0.3 is 0 Å². The summed E-state index contributed by atoms with van der Waals surface area (Å²) >= 11 is 0. The molecule has 0 bridgehead atoms. The summed E-state index contributed by atoms with van der Waals surface area (Å²) in [5.41, 5.74) is 0. The van der Waals surface area contributed by atoms with Crippen molar-refractivity contribution in [2.24, 2.45) is 5.92 Å². The number of rotatable bonds is 9. The summed E-state index contributed by atoms with van der Waals surface area (Å²) in [4.78, 5) is 0. The summed E-state index contributed by atoms with van der Waals surface area (Å²) in [6, 6.07) is 0. The van der Waals surface area contributed by atoms with Crippen LogP contribution in [-0.4, -0.2) is 71.8 Å². The first kappa shape index (κ1) is 13.7. The van der Waals surface area contributed by atoms with E-state index in [1.807, 2.05) is 0 Å². The van der Waals surface area contributed by atoms with E-state index in [1.165, 1.54) is 0 Å². The zero-order valence-corrected chi connectivity index (χ0v) is 10.9. The predicted octanol–water partition coefficient (Wildman–Crippen LogP) is -0.948. The van der Waals surface area contributed by atoms with E-state index in [-0.39, 0.29) is 18.3 Å². The maximum Gasteiger partial charge on any atom is 0.0834 e. The highest BCUT2D eigenvalue weighted by Crippen LogP contribution is 2.31. The second-order valence-electron chi connectivity index (χ2n) is 5.85. The van der Waals surface area contributed by atoms with Crippen LogP contribution in [0.5, 0.6) is 0 Å². The third-order valence-electron chi connectivity index (χ3n) is 4.05. The average Bonchev–Trinajstić information content (AvgIpc) is 3.17.